The van der Waals surface area contributed by atoms with Gasteiger partial charge in [0, 0.05) is 11.6 Å². The zero-order valence-electron chi connectivity index (χ0n) is 9.96. The van der Waals surface area contributed by atoms with Gasteiger partial charge in [-0.2, -0.15) is 0 Å². The lowest BCUT2D eigenvalue weighted by molar-refractivity contribution is 0.103. The summed E-state index contributed by atoms with van der Waals surface area (Å²) >= 11 is 1.32. The number of hydrogen-bond donors (Lipinski definition) is 2. The van der Waals surface area contributed by atoms with Gasteiger partial charge in [-0.3, -0.25) is 9.78 Å². The Kier molecular flexibility index (Phi) is 2.89. The highest BCUT2D eigenvalue weighted by atomic mass is 32.1. The van der Waals surface area contributed by atoms with E-state index in [4.69, 9.17) is 5.73 Å². The van der Waals surface area contributed by atoms with Crippen LogP contribution >= 0.6 is 11.3 Å². The Morgan fingerprint density at radius 1 is 1.21 bits per heavy atom. The van der Waals surface area contributed by atoms with E-state index in [2.05, 4.69) is 10.3 Å². The maximum Gasteiger partial charge on any atom is 0.267 e. The molecule has 0 saturated carbocycles. The Bertz CT molecular complexity index is 746. The molecule has 0 radical (unpaired) electrons. The van der Waals surface area contributed by atoms with E-state index in [0.29, 0.717) is 16.3 Å². The van der Waals surface area contributed by atoms with Crippen LogP contribution in [0, 0.1) is 0 Å². The summed E-state index contributed by atoms with van der Waals surface area (Å²) in [7, 11) is 0. The van der Waals surface area contributed by atoms with Crippen molar-refractivity contribution in [3.8, 4) is 0 Å². The molecule has 1 aromatic carbocycles. The van der Waals surface area contributed by atoms with Crippen LogP contribution in [0.4, 0.5) is 11.4 Å². The van der Waals surface area contributed by atoms with Crippen molar-refractivity contribution >= 4 is 39.5 Å². The Balaban J connectivity index is 1.98. The first kappa shape index (κ1) is 11.7. The number of thiophene rings is 1. The summed E-state index contributed by atoms with van der Waals surface area (Å²) in [6.07, 6.45) is 1.71. The number of nitrogen functional groups attached to an aromatic ring is 1. The number of nitrogens with two attached hydrogens (primary N) is 1. The molecule has 19 heavy (non-hydrogen) atoms. The van der Waals surface area contributed by atoms with Gasteiger partial charge in [-0.25, -0.2) is 0 Å². The van der Waals surface area contributed by atoms with Gasteiger partial charge in [-0.1, -0.05) is 18.2 Å². The lowest BCUT2D eigenvalue weighted by Gasteiger charge is -2.07. The second kappa shape index (κ2) is 4.70. The van der Waals surface area contributed by atoms with Crippen LogP contribution in [0.15, 0.2) is 48.0 Å². The average Bonchev–Trinajstić information content (AvgIpc) is 2.85. The standard InChI is InChI=1S/C14H11N3OS/c15-10-6-8-19-13(10)14(18)17-11-5-1-3-9-4-2-7-16-12(9)11/h1-8H,15H2,(H,17,18). The van der Waals surface area contributed by atoms with Crippen LogP contribution in [-0.2, 0) is 0 Å². The van der Waals surface area contributed by atoms with Gasteiger partial charge < -0.3 is 11.1 Å². The average molecular weight is 269 g/mol. The first-order valence-corrected chi connectivity index (χ1v) is 6.62. The molecule has 1 amide bonds. The summed E-state index contributed by atoms with van der Waals surface area (Å²) in [6.45, 7) is 0. The summed E-state index contributed by atoms with van der Waals surface area (Å²) in [5.41, 5.74) is 7.70. The van der Waals surface area contributed by atoms with E-state index in [0.717, 1.165) is 10.9 Å². The number of benzene rings is 1. The molecule has 3 N–H and O–H groups in total. The first-order valence-electron chi connectivity index (χ1n) is 5.74. The van der Waals surface area contributed by atoms with Crippen LogP contribution in [0.1, 0.15) is 9.67 Å². The molecule has 0 aliphatic heterocycles. The second-order valence-electron chi connectivity index (χ2n) is 4.04. The summed E-state index contributed by atoms with van der Waals surface area (Å²) in [5, 5.41) is 5.64. The predicted octanol–water partition coefficient (Wildman–Crippen LogP) is 3.13. The molecule has 0 bridgehead atoms. The molecule has 5 heteroatoms. The monoisotopic (exact) mass is 269 g/mol. The van der Waals surface area contributed by atoms with Gasteiger partial charge >= 0.3 is 0 Å². The topological polar surface area (TPSA) is 68.0 Å². The lowest BCUT2D eigenvalue weighted by atomic mass is 10.2. The summed E-state index contributed by atoms with van der Waals surface area (Å²) < 4.78 is 0. The van der Waals surface area contributed by atoms with Gasteiger partial charge in [0.1, 0.15) is 4.88 Å². The van der Waals surface area contributed by atoms with E-state index >= 15 is 0 Å². The number of hydrogen-bond acceptors (Lipinski definition) is 4. The molecular formula is C14H11N3OS. The van der Waals surface area contributed by atoms with Crippen molar-refractivity contribution < 1.29 is 4.79 Å². The number of aromatic nitrogens is 1. The van der Waals surface area contributed by atoms with Crippen molar-refractivity contribution in [3.63, 3.8) is 0 Å². The number of rotatable bonds is 2. The third kappa shape index (κ3) is 2.15. The van der Waals surface area contributed by atoms with Crippen LogP contribution < -0.4 is 11.1 Å². The molecule has 2 aromatic heterocycles. The SMILES string of the molecule is Nc1ccsc1C(=O)Nc1cccc2cccnc12. The van der Waals surface area contributed by atoms with Crippen molar-refractivity contribution in [3.05, 3.63) is 52.9 Å². The Labute approximate surface area is 113 Å². The lowest BCUT2D eigenvalue weighted by Crippen LogP contribution is -2.12. The smallest absolute Gasteiger partial charge is 0.267 e. The highest BCUT2D eigenvalue weighted by molar-refractivity contribution is 7.12. The molecule has 94 valence electrons. The molecule has 0 unspecified atom stereocenters. The number of fused-ring (bicyclic) bond motifs is 1. The second-order valence-corrected chi connectivity index (χ2v) is 4.96. The largest absolute Gasteiger partial charge is 0.397 e. The van der Waals surface area contributed by atoms with Crippen LogP contribution in [-0.4, -0.2) is 10.9 Å². The number of amides is 1. The van der Waals surface area contributed by atoms with Gasteiger partial charge in [0.05, 0.1) is 16.9 Å². The maximum atomic E-state index is 12.1. The summed E-state index contributed by atoms with van der Waals surface area (Å²) in [5.74, 6) is -0.203. The minimum atomic E-state index is -0.203. The van der Waals surface area contributed by atoms with E-state index in [-0.39, 0.29) is 5.91 Å². The van der Waals surface area contributed by atoms with Crippen LogP contribution in [0.3, 0.4) is 0 Å². The van der Waals surface area contributed by atoms with Gasteiger partial charge in [0.15, 0.2) is 0 Å². The third-order valence-corrected chi connectivity index (χ3v) is 3.71. The van der Waals surface area contributed by atoms with Crippen molar-refractivity contribution in [2.45, 2.75) is 0 Å². The van der Waals surface area contributed by atoms with Gasteiger partial charge in [0.25, 0.3) is 5.91 Å². The van der Waals surface area contributed by atoms with Crippen LogP contribution in [0.2, 0.25) is 0 Å². The molecule has 0 saturated heterocycles. The maximum absolute atomic E-state index is 12.1. The van der Waals surface area contributed by atoms with E-state index in [1.807, 2.05) is 30.3 Å². The number of anilines is 2. The highest BCUT2D eigenvalue weighted by Gasteiger charge is 2.12. The highest BCUT2D eigenvalue weighted by Crippen LogP contribution is 2.24. The summed E-state index contributed by atoms with van der Waals surface area (Å²) in [6, 6.07) is 11.2. The molecule has 3 rings (SSSR count). The van der Waals surface area contributed by atoms with Gasteiger partial charge in [0.2, 0.25) is 0 Å². The van der Waals surface area contributed by atoms with E-state index in [1.165, 1.54) is 11.3 Å². The molecule has 0 aliphatic rings. The fraction of sp³-hybridized carbons (Fsp3) is 0. The van der Waals surface area contributed by atoms with Crippen molar-refractivity contribution in [2.75, 3.05) is 11.1 Å². The number of para-hydroxylation sites is 1. The number of pyridine rings is 1. The van der Waals surface area contributed by atoms with Crippen molar-refractivity contribution in [1.29, 1.82) is 0 Å². The number of carbonyl (C=O) groups is 1. The fourth-order valence-electron chi connectivity index (χ4n) is 1.89. The third-order valence-electron chi connectivity index (χ3n) is 2.78. The van der Waals surface area contributed by atoms with Gasteiger partial charge in [-0.15, -0.1) is 11.3 Å². The molecule has 3 aromatic rings. The minimum Gasteiger partial charge on any atom is -0.397 e. The zero-order chi connectivity index (χ0) is 13.2. The predicted molar refractivity (Wildman–Crippen MR) is 78.4 cm³/mol. The normalized spacial score (nSPS) is 10.5. The summed E-state index contributed by atoms with van der Waals surface area (Å²) in [4.78, 5) is 16.9. The zero-order valence-corrected chi connectivity index (χ0v) is 10.8. The van der Waals surface area contributed by atoms with E-state index in [1.54, 1.807) is 17.6 Å². The Morgan fingerprint density at radius 2 is 2.05 bits per heavy atom. The first-order chi connectivity index (χ1) is 9.25. The molecule has 0 fully saturated rings. The van der Waals surface area contributed by atoms with Gasteiger partial charge in [-0.05, 0) is 23.6 Å². The quantitative estimate of drug-likeness (QED) is 0.751. The molecular weight excluding hydrogens is 258 g/mol. The van der Waals surface area contributed by atoms with Crippen molar-refractivity contribution in [1.82, 2.24) is 4.98 Å². The van der Waals surface area contributed by atoms with Crippen LogP contribution in [0.5, 0.6) is 0 Å². The van der Waals surface area contributed by atoms with Crippen molar-refractivity contribution in [2.24, 2.45) is 0 Å². The molecule has 0 aliphatic carbocycles. The number of nitrogens with zero attached hydrogens (tertiary/aromatic N) is 1. The minimum absolute atomic E-state index is 0.203. The van der Waals surface area contributed by atoms with Crippen LogP contribution in [0.25, 0.3) is 10.9 Å². The molecule has 4 nitrogen and oxygen atoms in total. The Hall–Kier alpha value is -2.40. The van der Waals surface area contributed by atoms with E-state index < -0.39 is 0 Å². The fourth-order valence-corrected chi connectivity index (χ4v) is 2.60. The molecule has 0 spiro atoms. The van der Waals surface area contributed by atoms with E-state index in [9.17, 15) is 4.79 Å². The molecule has 0 atom stereocenters. The Morgan fingerprint density at radius 3 is 2.84 bits per heavy atom. The number of nitrogens with one attached hydrogen (secondary N) is 1. The molecule has 2 heterocycles. The number of carbonyl (C=O) groups excluding carboxylic acids is 1.